The SMILES string of the molecule is Br.COc1cc(O)c(C[P+](c2ccccc2)(c2ccccc2)c2ccccc2)cc1OC. The van der Waals surface area contributed by atoms with Crippen LogP contribution in [0.2, 0.25) is 0 Å². The molecule has 0 atom stereocenters. The summed E-state index contributed by atoms with van der Waals surface area (Å²) in [7, 11) is 1.08. The number of rotatable bonds is 7. The van der Waals surface area contributed by atoms with Crippen LogP contribution in [0.25, 0.3) is 0 Å². The molecule has 5 heteroatoms. The molecule has 0 aliphatic heterocycles. The summed E-state index contributed by atoms with van der Waals surface area (Å²) < 4.78 is 10.9. The summed E-state index contributed by atoms with van der Waals surface area (Å²) in [5.74, 6) is 1.35. The molecule has 0 aromatic heterocycles. The third kappa shape index (κ3) is 4.53. The van der Waals surface area contributed by atoms with Gasteiger partial charge in [-0.25, -0.2) is 0 Å². The van der Waals surface area contributed by atoms with Gasteiger partial charge in [-0.3, -0.25) is 0 Å². The predicted molar refractivity (Wildman–Crippen MR) is 140 cm³/mol. The summed E-state index contributed by atoms with van der Waals surface area (Å²) >= 11 is 0. The lowest BCUT2D eigenvalue weighted by atomic mass is 10.2. The fourth-order valence-corrected chi connectivity index (χ4v) is 8.31. The molecule has 3 nitrogen and oxygen atoms in total. The standard InChI is InChI=1S/C27H25O3P.BrH/c1-29-26-18-21(25(28)19-27(26)30-2)20-31(22-12-6-3-7-13-22,23-14-8-4-9-15-23)24-16-10-5-11-17-24;/h3-19H,20H2,1-2H3;1H/p+1. The fraction of sp³-hybridized carbons (Fsp3) is 0.111. The predicted octanol–water partition coefficient (Wildman–Crippen LogP) is 5.48. The first-order valence-corrected chi connectivity index (χ1v) is 12.1. The van der Waals surface area contributed by atoms with E-state index in [1.165, 1.54) is 15.9 Å². The minimum Gasteiger partial charge on any atom is -0.507 e. The minimum atomic E-state index is -2.11. The smallest absolute Gasteiger partial charge is 0.164 e. The monoisotopic (exact) mass is 509 g/mol. The fourth-order valence-electron chi connectivity index (χ4n) is 4.06. The van der Waals surface area contributed by atoms with E-state index in [4.69, 9.17) is 9.47 Å². The Morgan fingerprint density at radius 2 is 1.00 bits per heavy atom. The molecule has 32 heavy (non-hydrogen) atoms. The van der Waals surface area contributed by atoms with Gasteiger partial charge in [0, 0.05) is 11.6 Å². The van der Waals surface area contributed by atoms with Gasteiger partial charge >= 0.3 is 0 Å². The maximum absolute atomic E-state index is 10.9. The van der Waals surface area contributed by atoms with Gasteiger partial charge in [0.15, 0.2) is 11.5 Å². The van der Waals surface area contributed by atoms with E-state index in [0.29, 0.717) is 17.7 Å². The summed E-state index contributed by atoms with van der Waals surface area (Å²) in [6.07, 6.45) is 0.664. The topological polar surface area (TPSA) is 38.7 Å². The molecule has 0 aliphatic rings. The van der Waals surface area contributed by atoms with Crippen LogP contribution >= 0.6 is 24.2 Å². The average Bonchev–Trinajstić information content (AvgIpc) is 2.84. The molecule has 0 unspecified atom stereocenters. The van der Waals surface area contributed by atoms with Crippen LogP contribution < -0.4 is 25.4 Å². The number of ether oxygens (including phenoxy) is 2. The number of hydrogen-bond donors (Lipinski definition) is 1. The number of phenolic OH excluding ortho intramolecular Hbond substituents is 1. The van der Waals surface area contributed by atoms with Crippen molar-refractivity contribution in [3.8, 4) is 17.2 Å². The molecule has 164 valence electrons. The molecule has 0 heterocycles. The zero-order chi connectivity index (χ0) is 21.7. The highest BCUT2D eigenvalue weighted by Crippen LogP contribution is 2.59. The Labute approximate surface area is 200 Å². The molecule has 0 saturated carbocycles. The van der Waals surface area contributed by atoms with Crippen molar-refractivity contribution in [3.05, 3.63) is 109 Å². The molecule has 0 spiro atoms. The molecular formula is C27H27BrO3P+. The molecule has 0 fully saturated rings. The Bertz CT molecular complexity index is 1040. The first kappa shape index (κ1) is 23.8. The normalized spacial score (nSPS) is 10.8. The third-order valence-corrected chi connectivity index (χ3v) is 9.94. The van der Waals surface area contributed by atoms with Crippen molar-refractivity contribution in [1.82, 2.24) is 0 Å². The first-order chi connectivity index (χ1) is 15.2. The van der Waals surface area contributed by atoms with Gasteiger partial charge in [-0.15, -0.1) is 17.0 Å². The number of methoxy groups -OCH3 is 2. The van der Waals surface area contributed by atoms with Gasteiger partial charge in [0.1, 0.15) is 35.1 Å². The van der Waals surface area contributed by atoms with Crippen LogP contribution in [0.1, 0.15) is 5.56 Å². The maximum atomic E-state index is 10.9. The summed E-state index contributed by atoms with van der Waals surface area (Å²) in [5, 5.41) is 14.7. The van der Waals surface area contributed by atoms with Gasteiger partial charge < -0.3 is 14.6 Å². The van der Waals surface area contributed by atoms with Crippen LogP contribution in [0.3, 0.4) is 0 Å². The van der Waals surface area contributed by atoms with Crippen LogP contribution in [0.4, 0.5) is 0 Å². The highest BCUT2D eigenvalue weighted by atomic mass is 79.9. The Hall–Kier alpha value is -2.81. The van der Waals surface area contributed by atoms with E-state index < -0.39 is 7.26 Å². The van der Waals surface area contributed by atoms with Crippen LogP contribution in [0.15, 0.2) is 103 Å². The molecule has 0 radical (unpaired) electrons. The zero-order valence-corrected chi connectivity index (χ0v) is 20.7. The number of halogens is 1. The van der Waals surface area contributed by atoms with E-state index in [2.05, 4.69) is 72.8 Å². The van der Waals surface area contributed by atoms with Crippen LogP contribution in [0, 0.1) is 0 Å². The van der Waals surface area contributed by atoms with Crippen molar-refractivity contribution >= 4 is 40.2 Å². The molecule has 4 rings (SSSR count). The van der Waals surface area contributed by atoms with Gasteiger partial charge in [0.25, 0.3) is 0 Å². The van der Waals surface area contributed by atoms with Gasteiger partial charge in [-0.1, -0.05) is 54.6 Å². The van der Waals surface area contributed by atoms with Crippen molar-refractivity contribution in [1.29, 1.82) is 0 Å². The zero-order valence-electron chi connectivity index (χ0n) is 18.1. The second-order valence-corrected chi connectivity index (χ2v) is 10.8. The average molecular weight is 510 g/mol. The van der Waals surface area contributed by atoms with E-state index in [1.807, 2.05) is 24.3 Å². The van der Waals surface area contributed by atoms with Gasteiger partial charge in [0.2, 0.25) is 0 Å². The van der Waals surface area contributed by atoms with E-state index in [0.717, 1.165) is 5.56 Å². The van der Waals surface area contributed by atoms with Crippen LogP contribution in [-0.2, 0) is 6.16 Å². The summed E-state index contributed by atoms with van der Waals surface area (Å²) in [5.41, 5.74) is 0.836. The van der Waals surface area contributed by atoms with Crippen molar-refractivity contribution < 1.29 is 14.6 Å². The maximum Gasteiger partial charge on any atom is 0.164 e. The largest absolute Gasteiger partial charge is 0.507 e. The minimum absolute atomic E-state index is 0. The number of hydrogen-bond acceptors (Lipinski definition) is 3. The van der Waals surface area contributed by atoms with Gasteiger partial charge in [-0.05, 0) is 42.5 Å². The van der Waals surface area contributed by atoms with E-state index >= 15 is 0 Å². The lowest BCUT2D eigenvalue weighted by molar-refractivity contribution is 0.350. The van der Waals surface area contributed by atoms with E-state index in [-0.39, 0.29) is 22.7 Å². The molecule has 0 saturated heterocycles. The summed E-state index contributed by atoms with van der Waals surface area (Å²) in [4.78, 5) is 0. The molecular weight excluding hydrogens is 483 g/mol. The number of aromatic hydroxyl groups is 1. The molecule has 4 aromatic carbocycles. The quantitative estimate of drug-likeness (QED) is 0.335. The highest BCUT2D eigenvalue weighted by Gasteiger charge is 2.46. The van der Waals surface area contributed by atoms with E-state index in [9.17, 15) is 5.11 Å². The van der Waals surface area contributed by atoms with E-state index in [1.54, 1.807) is 20.3 Å². The Morgan fingerprint density at radius 1 is 0.625 bits per heavy atom. The van der Waals surface area contributed by atoms with Crippen molar-refractivity contribution in [2.75, 3.05) is 14.2 Å². The molecule has 4 aromatic rings. The second kappa shape index (κ2) is 10.7. The molecule has 1 N–H and O–H groups in total. The number of phenols is 1. The summed E-state index contributed by atoms with van der Waals surface area (Å²) in [6, 6.07) is 35.4. The lowest BCUT2D eigenvalue weighted by Gasteiger charge is -2.28. The first-order valence-electron chi connectivity index (χ1n) is 10.2. The van der Waals surface area contributed by atoms with Crippen LogP contribution in [-0.4, -0.2) is 19.3 Å². The molecule has 0 bridgehead atoms. The highest BCUT2D eigenvalue weighted by molar-refractivity contribution is 8.93. The Kier molecular flexibility index (Phi) is 7.95. The number of benzene rings is 4. The van der Waals surface area contributed by atoms with Crippen molar-refractivity contribution in [3.63, 3.8) is 0 Å². The second-order valence-electron chi connectivity index (χ2n) is 7.31. The molecule has 0 aliphatic carbocycles. The van der Waals surface area contributed by atoms with Crippen molar-refractivity contribution in [2.24, 2.45) is 0 Å². The Morgan fingerprint density at radius 3 is 1.38 bits per heavy atom. The third-order valence-electron chi connectivity index (χ3n) is 5.58. The molecule has 0 amide bonds. The lowest BCUT2D eigenvalue weighted by Crippen LogP contribution is -2.32. The summed E-state index contributed by atoms with van der Waals surface area (Å²) in [6.45, 7) is 0. The van der Waals surface area contributed by atoms with Crippen LogP contribution in [0.5, 0.6) is 17.2 Å². The van der Waals surface area contributed by atoms with Crippen molar-refractivity contribution in [2.45, 2.75) is 6.16 Å². The van der Waals surface area contributed by atoms with Gasteiger partial charge in [-0.2, -0.15) is 0 Å². The Balaban J connectivity index is 0.00000289. The van der Waals surface area contributed by atoms with Gasteiger partial charge in [0.05, 0.1) is 14.2 Å².